The highest BCUT2D eigenvalue weighted by Crippen LogP contribution is 2.26. The maximum absolute atomic E-state index is 12.7. The SMILES string of the molecule is O=S(=O)(F)c1ccc(C2CCNCC2)cc1. The lowest BCUT2D eigenvalue weighted by Gasteiger charge is -2.22. The number of piperidine rings is 1. The molecule has 0 unspecified atom stereocenters. The molecule has 1 fully saturated rings. The number of hydrogen-bond acceptors (Lipinski definition) is 3. The molecule has 2 rings (SSSR count). The molecule has 1 aliphatic rings. The van der Waals surface area contributed by atoms with Crippen LogP contribution in [0.2, 0.25) is 0 Å². The van der Waals surface area contributed by atoms with Crippen LogP contribution in [0, 0.1) is 0 Å². The molecule has 1 aromatic rings. The lowest BCUT2D eigenvalue weighted by atomic mass is 9.90. The van der Waals surface area contributed by atoms with Crippen molar-refractivity contribution in [2.24, 2.45) is 0 Å². The molecule has 0 bridgehead atoms. The summed E-state index contributed by atoms with van der Waals surface area (Å²) in [5.41, 5.74) is 1.09. The number of halogens is 1. The minimum absolute atomic E-state index is 0.259. The number of rotatable bonds is 2. The third-order valence-corrected chi connectivity index (χ3v) is 3.81. The third kappa shape index (κ3) is 2.59. The standard InChI is InChI=1S/C11H14FNO2S/c12-16(14,15)11-3-1-9(2-4-11)10-5-7-13-8-6-10/h1-4,10,13H,5-8H2. The van der Waals surface area contributed by atoms with E-state index in [1.54, 1.807) is 12.1 Å². The summed E-state index contributed by atoms with van der Waals surface area (Å²) in [6.07, 6.45) is 2.09. The van der Waals surface area contributed by atoms with E-state index in [0.29, 0.717) is 5.92 Å². The summed E-state index contributed by atoms with van der Waals surface area (Å²) in [6, 6.07) is 6.10. The zero-order valence-electron chi connectivity index (χ0n) is 8.82. The van der Waals surface area contributed by atoms with Crippen LogP contribution in [-0.4, -0.2) is 21.5 Å². The topological polar surface area (TPSA) is 46.2 Å². The summed E-state index contributed by atoms with van der Waals surface area (Å²) in [5, 5.41) is 3.26. The summed E-state index contributed by atoms with van der Waals surface area (Å²) in [5.74, 6) is 0.456. The average molecular weight is 243 g/mol. The predicted octanol–water partition coefficient (Wildman–Crippen LogP) is 1.81. The first-order valence-electron chi connectivity index (χ1n) is 5.33. The summed E-state index contributed by atoms with van der Waals surface area (Å²) in [6.45, 7) is 1.96. The average Bonchev–Trinajstić information content (AvgIpc) is 2.29. The number of benzene rings is 1. The fraction of sp³-hybridized carbons (Fsp3) is 0.455. The molecule has 0 aromatic heterocycles. The highest BCUT2D eigenvalue weighted by atomic mass is 32.3. The second-order valence-corrected chi connectivity index (χ2v) is 5.38. The van der Waals surface area contributed by atoms with Gasteiger partial charge in [-0.05, 0) is 49.5 Å². The van der Waals surface area contributed by atoms with E-state index in [4.69, 9.17) is 0 Å². The van der Waals surface area contributed by atoms with Gasteiger partial charge in [0, 0.05) is 0 Å². The van der Waals surface area contributed by atoms with Gasteiger partial charge < -0.3 is 5.32 Å². The lowest BCUT2D eigenvalue weighted by Crippen LogP contribution is -2.26. The van der Waals surface area contributed by atoms with Crippen LogP contribution in [0.15, 0.2) is 29.2 Å². The summed E-state index contributed by atoms with van der Waals surface area (Å²) < 4.78 is 33.9. The van der Waals surface area contributed by atoms with Gasteiger partial charge in [0.15, 0.2) is 0 Å². The monoisotopic (exact) mass is 243 g/mol. The zero-order valence-corrected chi connectivity index (χ0v) is 9.63. The molecule has 0 radical (unpaired) electrons. The molecule has 1 heterocycles. The molecule has 0 atom stereocenters. The van der Waals surface area contributed by atoms with E-state index in [1.165, 1.54) is 12.1 Å². The van der Waals surface area contributed by atoms with Gasteiger partial charge in [-0.25, -0.2) is 0 Å². The van der Waals surface area contributed by atoms with E-state index in [2.05, 4.69) is 5.32 Å². The van der Waals surface area contributed by atoms with Crippen LogP contribution in [0.3, 0.4) is 0 Å². The molecular formula is C11H14FNO2S. The van der Waals surface area contributed by atoms with Crippen molar-refractivity contribution in [3.63, 3.8) is 0 Å². The minimum atomic E-state index is -4.56. The normalized spacial score (nSPS) is 18.6. The summed E-state index contributed by atoms with van der Waals surface area (Å²) in [7, 11) is -4.56. The first-order valence-corrected chi connectivity index (χ1v) is 6.71. The van der Waals surface area contributed by atoms with E-state index in [1.807, 2.05) is 0 Å². The van der Waals surface area contributed by atoms with E-state index in [9.17, 15) is 12.3 Å². The van der Waals surface area contributed by atoms with Gasteiger partial charge in [-0.15, -0.1) is 3.89 Å². The van der Waals surface area contributed by atoms with Crippen LogP contribution in [0.4, 0.5) is 3.89 Å². The van der Waals surface area contributed by atoms with Crippen molar-refractivity contribution in [3.05, 3.63) is 29.8 Å². The largest absolute Gasteiger partial charge is 0.332 e. The Bertz CT molecular complexity index is 449. The highest BCUT2D eigenvalue weighted by molar-refractivity contribution is 7.86. The van der Waals surface area contributed by atoms with Crippen LogP contribution < -0.4 is 5.32 Å². The summed E-state index contributed by atoms with van der Waals surface area (Å²) >= 11 is 0. The quantitative estimate of drug-likeness (QED) is 0.806. The molecule has 1 aromatic carbocycles. The lowest BCUT2D eigenvalue weighted by molar-refractivity contribution is 0.460. The Morgan fingerprint density at radius 3 is 2.19 bits per heavy atom. The van der Waals surface area contributed by atoms with Gasteiger partial charge in [-0.2, -0.15) is 8.42 Å². The van der Waals surface area contributed by atoms with Crippen molar-refractivity contribution in [2.45, 2.75) is 23.7 Å². The molecule has 0 aliphatic carbocycles. The molecule has 16 heavy (non-hydrogen) atoms. The van der Waals surface area contributed by atoms with Crippen molar-refractivity contribution in [1.82, 2.24) is 5.32 Å². The molecule has 1 aliphatic heterocycles. The molecule has 0 saturated carbocycles. The van der Waals surface area contributed by atoms with Crippen molar-refractivity contribution in [1.29, 1.82) is 0 Å². The van der Waals surface area contributed by atoms with Crippen molar-refractivity contribution >= 4 is 10.2 Å². The van der Waals surface area contributed by atoms with Crippen molar-refractivity contribution < 1.29 is 12.3 Å². The predicted molar refractivity (Wildman–Crippen MR) is 59.6 cm³/mol. The molecule has 0 amide bonds. The van der Waals surface area contributed by atoms with Crippen LogP contribution in [0.5, 0.6) is 0 Å². The zero-order chi connectivity index (χ0) is 11.6. The Morgan fingerprint density at radius 2 is 1.69 bits per heavy atom. The van der Waals surface area contributed by atoms with Crippen LogP contribution in [0.25, 0.3) is 0 Å². The Kier molecular flexibility index (Phi) is 3.25. The van der Waals surface area contributed by atoms with Gasteiger partial charge in [-0.1, -0.05) is 12.1 Å². The fourth-order valence-corrected chi connectivity index (χ4v) is 2.52. The first kappa shape index (κ1) is 11.5. The maximum Gasteiger partial charge on any atom is 0.332 e. The first-order chi connectivity index (χ1) is 7.57. The van der Waals surface area contributed by atoms with E-state index >= 15 is 0 Å². The maximum atomic E-state index is 12.7. The Morgan fingerprint density at radius 1 is 1.12 bits per heavy atom. The molecule has 5 heteroatoms. The second-order valence-electron chi connectivity index (χ2n) is 4.03. The molecule has 0 spiro atoms. The smallest absolute Gasteiger partial charge is 0.317 e. The number of hydrogen-bond donors (Lipinski definition) is 1. The Balaban J connectivity index is 2.18. The second kappa shape index (κ2) is 4.51. The van der Waals surface area contributed by atoms with Crippen LogP contribution in [-0.2, 0) is 10.2 Å². The van der Waals surface area contributed by atoms with Gasteiger partial charge in [-0.3, -0.25) is 0 Å². The molecule has 88 valence electrons. The van der Waals surface area contributed by atoms with Gasteiger partial charge in [0.25, 0.3) is 0 Å². The molecule has 3 nitrogen and oxygen atoms in total. The highest BCUT2D eigenvalue weighted by Gasteiger charge is 2.16. The van der Waals surface area contributed by atoms with E-state index in [-0.39, 0.29) is 4.90 Å². The number of nitrogens with one attached hydrogen (secondary N) is 1. The van der Waals surface area contributed by atoms with Gasteiger partial charge >= 0.3 is 10.2 Å². The van der Waals surface area contributed by atoms with Gasteiger partial charge in [0.05, 0.1) is 4.90 Å². The Hall–Kier alpha value is -0.940. The van der Waals surface area contributed by atoms with E-state index in [0.717, 1.165) is 31.5 Å². The summed E-state index contributed by atoms with van der Waals surface area (Å²) in [4.78, 5) is -0.259. The van der Waals surface area contributed by atoms with Gasteiger partial charge in [0.1, 0.15) is 0 Å². The molecule has 1 saturated heterocycles. The van der Waals surface area contributed by atoms with E-state index < -0.39 is 10.2 Å². The van der Waals surface area contributed by atoms with Gasteiger partial charge in [0.2, 0.25) is 0 Å². The molecular weight excluding hydrogens is 229 g/mol. The minimum Gasteiger partial charge on any atom is -0.317 e. The molecule has 1 N–H and O–H groups in total. The van der Waals surface area contributed by atoms with Crippen molar-refractivity contribution in [3.8, 4) is 0 Å². The fourth-order valence-electron chi connectivity index (χ4n) is 2.06. The van der Waals surface area contributed by atoms with Crippen LogP contribution >= 0.6 is 0 Å². The Labute approximate surface area is 94.9 Å². The third-order valence-electron chi connectivity index (χ3n) is 2.97. The van der Waals surface area contributed by atoms with Crippen molar-refractivity contribution in [2.75, 3.05) is 13.1 Å². The van der Waals surface area contributed by atoms with Crippen LogP contribution in [0.1, 0.15) is 24.3 Å².